The zero-order valence-electron chi connectivity index (χ0n) is 9.55. The topological polar surface area (TPSA) is 70.5 Å². The molecule has 0 spiro atoms. The molecule has 0 aliphatic rings. The second kappa shape index (κ2) is 5.77. The van der Waals surface area contributed by atoms with E-state index in [1.54, 1.807) is 26.0 Å². The van der Waals surface area contributed by atoms with Crippen molar-refractivity contribution in [2.45, 2.75) is 19.9 Å². The predicted molar refractivity (Wildman–Crippen MR) is 65.7 cm³/mol. The van der Waals surface area contributed by atoms with Crippen LogP contribution in [0.4, 0.5) is 0 Å². The highest BCUT2D eigenvalue weighted by atomic mass is 79.9. The first kappa shape index (κ1) is 13.6. The fraction of sp³-hybridized carbons (Fsp3) is 0.364. The number of hydrogen-bond acceptors (Lipinski definition) is 3. The second-order valence-electron chi connectivity index (χ2n) is 3.79. The molecule has 0 atom stereocenters. The third-order valence-electron chi connectivity index (χ3n) is 2.16. The van der Waals surface area contributed by atoms with Crippen molar-refractivity contribution in [2.24, 2.45) is 0 Å². The monoisotopic (exact) mass is 300 g/mol. The molecule has 5 nitrogen and oxygen atoms in total. The normalized spacial score (nSPS) is 10.4. The Labute approximate surface area is 108 Å². The summed E-state index contributed by atoms with van der Waals surface area (Å²) in [5.74, 6) is -1.36. The molecule has 0 radical (unpaired) electrons. The van der Waals surface area contributed by atoms with Gasteiger partial charge in [0.25, 0.3) is 5.91 Å². The zero-order valence-corrected chi connectivity index (χ0v) is 11.1. The Morgan fingerprint density at radius 2 is 2.12 bits per heavy atom. The van der Waals surface area contributed by atoms with Crippen LogP contribution in [0, 0.1) is 0 Å². The number of carboxylic acid groups (broad SMARTS) is 1. The first-order chi connectivity index (χ1) is 7.91. The summed E-state index contributed by atoms with van der Waals surface area (Å²) in [6.07, 6.45) is 1.42. The molecule has 0 aromatic carbocycles. The Hall–Kier alpha value is -1.43. The number of pyridine rings is 1. The number of carboxylic acids is 1. The van der Waals surface area contributed by atoms with Crippen LogP contribution in [0.3, 0.4) is 0 Å². The molecule has 0 aliphatic carbocycles. The molecule has 0 bridgehead atoms. The van der Waals surface area contributed by atoms with E-state index in [0.717, 1.165) is 0 Å². The molecule has 0 saturated heterocycles. The van der Waals surface area contributed by atoms with Gasteiger partial charge >= 0.3 is 5.97 Å². The first-order valence-corrected chi connectivity index (χ1v) is 5.85. The van der Waals surface area contributed by atoms with E-state index in [2.05, 4.69) is 20.9 Å². The van der Waals surface area contributed by atoms with E-state index < -0.39 is 5.97 Å². The minimum Gasteiger partial charge on any atom is -0.480 e. The Morgan fingerprint density at radius 1 is 1.47 bits per heavy atom. The fourth-order valence-electron chi connectivity index (χ4n) is 1.30. The van der Waals surface area contributed by atoms with Gasteiger partial charge in [0.1, 0.15) is 11.1 Å². The molecule has 0 saturated carbocycles. The van der Waals surface area contributed by atoms with Crippen molar-refractivity contribution in [3.63, 3.8) is 0 Å². The number of carbonyl (C=O) groups is 2. The summed E-state index contributed by atoms with van der Waals surface area (Å²) in [5, 5.41) is 8.76. The highest BCUT2D eigenvalue weighted by molar-refractivity contribution is 9.10. The van der Waals surface area contributed by atoms with E-state index in [-0.39, 0.29) is 18.5 Å². The Bertz CT molecular complexity index is 417. The van der Waals surface area contributed by atoms with Gasteiger partial charge in [-0.15, -0.1) is 0 Å². The van der Waals surface area contributed by atoms with E-state index in [4.69, 9.17) is 5.11 Å². The minimum atomic E-state index is -1.03. The number of amides is 1. The van der Waals surface area contributed by atoms with Gasteiger partial charge in [0.15, 0.2) is 0 Å². The first-order valence-electron chi connectivity index (χ1n) is 5.06. The van der Waals surface area contributed by atoms with Crippen LogP contribution in [-0.4, -0.2) is 39.5 Å². The maximum absolute atomic E-state index is 12.0. The molecule has 0 unspecified atom stereocenters. The maximum Gasteiger partial charge on any atom is 0.323 e. The van der Waals surface area contributed by atoms with Crippen molar-refractivity contribution in [2.75, 3.05) is 6.54 Å². The number of nitrogens with zero attached hydrogens (tertiary/aromatic N) is 2. The number of halogens is 1. The number of aliphatic carboxylic acids is 1. The summed E-state index contributed by atoms with van der Waals surface area (Å²) < 4.78 is 0.628. The third-order valence-corrected chi connectivity index (χ3v) is 2.63. The Balaban J connectivity index is 2.91. The van der Waals surface area contributed by atoms with Crippen molar-refractivity contribution in [3.8, 4) is 0 Å². The van der Waals surface area contributed by atoms with Crippen LogP contribution in [0.25, 0.3) is 0 Å². The molecular weight excluding hydrogens is 288 g/mol. The van der Waals surface area contributed by atoms with Crippen LogP contribution in [0.2, 0.25) is 0 Å². The van der Waals surface area contributed by atoms with Gasteiger partial charge in [-0.25, -0.2) is 4.98 Å². The molecular formula is C11H13BrN2O3. The summed E-state index contributed by atoms with van der Waals surface area (Å²) in [6, 6.07) is 3.07. The van der Waals surface area contributed by atoms with Gasteiger partial charge in [-0.1, -0.05) is 0 Å². The van der Waals surface area contributed by atoms with Gasteiger partial charge < -0.3 is 10.0 Å². The van der Waals surface area contributed by atoms with Crippen LogP contribution in [0.5, 0.6) is 0 Å². The van der Waals surface area contributed by atoms with Crippen molar-refractivity contribution in [1.29, 1.82) is 0 Å². The second-order valence-corrected chi connectivity index (χ2v) is 4.60. The number of aromatic nitrogens is 1. The standard InChI is InChI=1S/C11H13BrN2O3/c1-7(2)14(6-10(15)16)11(17)8-3-4-9(12)13-5-8/h3-5,7H,6H2,1-2H3,(H,15,16). The predicted octanol–water partition coefficient (Wildman–Crippen LogP) is 1.78. The SMILES string of the molecule is CC(C)N(CC(=O)O)C(=O)c1ccc(Br)nc1. The van der Waals surface area contributed by atoms with Crippen LogP contribution >= 0.6 is 15.9 Å². The number of rotatable bonds is 4. The van der Waals surface area contributed by atoms with Gasteiger partial charge in [-0.05, 0) is 41.9 Å². The van der Waals surface area contributed by atoms with Crippen molar-refractivity contribution >= 4 is 27.8 Å². The van der Waals surface area contributed by atoms with E-state index in [1.165, 1.54) is 11.1 Å². The van der Waals surface area contributed by atoms with Crippen molar-refractivity contribution in [1.82, 2.24) is 9.88 Å². The van der Waals surface area contributed by atoms with Crippen molar-refractivity contribution < 1.29 is 14.7 Å². The molecule has 1 aromatic heterocycles. The van der Waals surface area contributed by atoms with Gasteiger partial charge in [0.2, 0.25) is 0 Å². The largest absolute Gasteiger partial charge is 0.480 e. The summed E-state index contributed by atoms with van der Waals surface area (Å²) in [7, 11) is 0. The zero-order chi connectivity index (χ0) is 13.0. The van der Waals surface area contributed by atoms with Gasteiger partial charge in [-0.3, -0.25) is 9.59 Å². The van der Waals surface area contributed by atoms with Gasteiger partial charge in [0, 0.05) is 12.2 Å². The van der Waals surface area contributed by atoms with E-state index in [9.17, 15) is 9.59 Å². The highest BCUT2D eigenvalue weighted by Crippen LogP contribution is 2.10. The fourth-order valence-corrected chi connectivity index (χ4v) is 1.54. The van der Waals surface area contributed by atoms with Crippen LogP contribution in [0.15, 0.2) is 22.9 Å². The van der Waals surface area contributed by atoms with Crippen molar-refractivity contribution in [3.05, 3.63) is 28.5 Å². The highest BCUT2D eigenvalue weighted by Gasteiger charge is 2.21. The molecule has 0 fully saturated rings. The van der Waals surface area contributed by atoms with E-state index in [0.29, 0.717) is 10.2 Å². The summed E-state index contributed by atoms with van der Waals surface area (Å²) in [4.78, 5) is 28.0. The maximum atomic E-state index is 12.0. The Morgan fingerprint density at radius 3 is 2.53 bits per heavy atom. The molecule has 1 heterocycles. The van der Waals surface area contributed by atoms with Crippen LogP contribution < -0.4 is 0 Å². The van der Waals surface area contributed by atoms with Crippen LogP contribution in [0.1, 0.15) is 24.2 Å². The molecule has 1 N–H and O–H groups in total. The quantitative estimate of drug-likeness (QED) is 0.861. The molecule has 0 aliphatic heterocycles. The van der Waals surface area contributed by atoms with E-state index in [1.807, 2.05) is 0 Å². The average molecular weight is 301 g/mol. The lowest BCUT2D eigenvalue weighted by Crippen LogP contribution is -2.40. The van der Waals surface area contributed by atoms with Crippen LogP contribution in [-0.2, 0) is 4.79 Å². The van der Waals surface area contributed by atoms with Gasteiger partial charge in [0.05, 0.1) is 5.56 Å². The summed E-state index contributed by atoms with van der Waals surface area (Å²) >= 11 is 3.17. The summed E-state index contributed by atoms with van der Waals surface area (Å²) in [6.45, 7) is 3.23. The van der Waals surface area contributed by atoms with Gasteiger partial charge in [-0.2, -0.15) is 0 Å². The Kier molecular flexibility index (Phi) is 4.62. The van der Waals surface area contributed by atoms with E-state index >= 15 is 0 Å². The molecule has 1 aromatic rings. The molecule has 6 heteroatoms. The lowest BCUT2D eigenvalue weighted by atomic mass is 10.2. The molecule has 1 rings (SSSR count). The molecule has 1 amide bonds. The number of carbonyl (C=O) groups excluding carboxylic acids is 1. The smallest absolute Gasteiger partial charge is 0.323 e. The number of hydrogen-bond donors (Lipinski definition) is 1. The summed E-state index contributed by atoms with van der Waals surface area (Å²) in [5.41, 5.74) is 0.378. The molecule has 17 heavy (non-hydrogen) atoms. The lowest BCUT2D eigenvalue weighted by molar-refractivity contribution is -0.138. The lowest BCUT2D eigenvalue weighted by Gasteiger charge is -2.24. The minimum absolute atomic E-state index is 0.178. The third kappa shape index (κ3) is 3.81. The average Bonchev–Trinajstić information content (AvgIpc) is 2.25. The molecule has 92 valence electrons.